The number of thioether (sulfide) groups is 1. The molecule has 0 aromatic carbocycles. The molecular formula is C23H36N6O5S. The predicted octanol–water partition coefficient (Wildman–Crippen LogP) is -1.25. The number of β-lactam (4-membered cyclic amide) rings is 1. The van der Waals surface area contributed by atoms with E-state index in [1.807, 2.05) is 11.8 Å². The van der Waals surface area contributed by atoms with Crippen LogP contribution in [-0.4, -0.2) is 102 Å². The number of hydrogen-bond acceptors (Lipinski definition) is 8. The van der Waals surface area contributed by atoms with E-state index < -0.39 is 17.9 Å². The van der Waals surface area contributed by atoms with Gasteiger partial charge in [0.05, 0.1) is 24.5 Å². The minimum atomic E-state index is -1.12. The number of carboxylic acid groups (broad SMARTS) is 1. The van der Waals surface area contributed by atoms with Crippen molar-refractivity contribution in [2.45, 2.75) is 50.1 Å². The Morgan fingerprint density at radius 2 is 2.09 bits per heavy atom. The topological polar surface area (TPSA) is 157 Å². The van der Waals surface area contributed by atoms with Gasteiger partial charge in [0.2, 0.25) is 17.7 Å². The van der Waals surface area contributed by atoms with E-state index in [9.17, 15) is 24.3 Å². The molecule has 4 heterocycles. The maximum atomic E-state index is 13.0. The lowest BCUT2D eigenvalue weighted by atomic mass is 9.78. The molecule has 0 aromatic rings. The molecule has 4 aliphatic heterocycles. The van der Waals surface area contributed by atoms with Crippen molar-refractivity contribution in [3.05, 3.63) is 10.6 Å². The van der Waals surface area contributed by atoms with Crippen LogP contribution >= 0.6 is 11.8 Å². The van der Waals surface area contributed by atoms with Crippen LogP contribution in [0.15, 0.2) is 10.6 Å². The number of hydrogen-bond donors (Lipinski definition) is 5. The van der Waals surface area contributed by atoms with E-state index in [1.165, 1.54) is 16.7 Å². The monoisotopic (exact) mass is 508 g/mol. The van der Waals surface area contributed by atoms with Gasteiger partial charge in [0.25, 0.3) is 0 Å². The third kappa shape index (κ3) is 4.81. The van der Waals surface area contributed by atoms with Crippen LogP contribution < -0.4 is 21.7 Å². The Bertz CT molecular complexity index is 928. The van der Waals surface area contributed by atoms with Gasteiger partial charge in [0.1, 0.15) is 5.70 Å². The van der Waals surface area contributed by atoms with Gasteiger partial charge in [-0.1, -0.05) is 6.92 Å². The van der Waals surface area contributed by atoms with Crippen molar-refractivity contribution >= 4 is 35.5 Å². The molecule has 6 N–H and O–H groups in total. The number of nitrogens with zero attached hydrogens (tertiary/aromatic N) is 2. The highest BCUT2D eigenvalue weighted by Gasteiger charge is 2.60. The molecule has 4 rings (SSSR count). The summed E-state index contributed by atoms with van der Waals surface area (Å²) >= 11 is 1.47. The Labute approximate surface area is 209 Å². The Hall–Kier alpha value is -2.15. The van der Waals surface area contributed by atoms with Gasteiger partial charge in [0, 0.05) is 41.7 Å². The van der Waals surface area contributed by atoms with Crippen LogP contribution in [0.2, 0.25) is 0 Å². The van der Waals surface area contributed by atoms with Crippen LogP contribution in [0.25, 0.3) is 0 Å². The molecule has 3 fully saturated rings. The number of carbonyl (C=O) groups excluding carboxylic acids is 3. The van der Waals surface area contributed by atoms with Crippen molar-refractivity contribution in [3.63, 3.8) is 0 Å². The molecule has 0 aliphatic carbocycles. The van der Waals surface area contributed by atoms with Crippen molar-refractivity contribution in [1.82, 2.24) is 25.8 Å². The minimum Gasteiger partial charge on any atom is -0.477 e. The molecular weight excluding hydrogens is 472 g/mol. The molecule has 3 amide bonds. The quantitative estimate of drug-likeness (QED) is 0.240. The standard InChI is InChI=1S/C23H36N6O5S/c1-11-18-17(12(2)27-16(30)9-25-3)22(32)29(18)19(23(33)34)20(11)35-14-6-15(26-8-14)21(31)28-5-4-13(7-24)10-28/h11-15,17-18,25-26H,4-10,24H2,1-3H3,(H,27,30)(H,33,34)/t11-,12-,13+,14+,15+,17-,18-/m1/s1. The first-order valence-electron chi connectivity index (χ1n) is 12.3. The van der Waals surface area contributed by atoms with Gasteiger partial charge < -0.3 is 36.6 Å². The van der Waals surface area contributed by atoms with Gasteiger partial charge in [-0.05, 0) is 39.3 Å². The van der Waals surface area contributed by atoms with E-state index in [2.05, 4.69) is 16.0 Å². The Kier molecular flexibility index (Phi) is 7.74. The number of nitrogens with two attached hydrogens (primary N) is 1. The molecule has 0 bridgehead atoms. The number of nitrogens with one attached hydrogen (secondary N) is 3. The van der Waals surface area contributed by atoms with Gasteiger partial charge >= 0.3 is 5.97 Å². The molecule has 0 aromatic heterocycles. The number of rotatable bonds is 9. The molecule has 194 valence electrons. The highest BCUT2D eigenvalue weighted by Crippen LogP contribution is 2.51. The number of aliphatic carboxylic acids is 1. The van der Waals surface area contributed by atoms with Crippen LogP contribution in [0.1, 0.15) is 26.7 Å². The molecule has 35 heavy (non-hydrogen) atoms. The summed E-state index contributed by atoms with van der Waals surface area (Å²) in [7, 11) is 1.67. The number of carbonyl (C=O) groups is 4. The van der Waals surface area contributed by atoms with Crippen LogP contribution in [0.5, 0.6) is 0 Å². The van der Waals surface area contributed by atoms with Gasteiger partial charge in [-0.15, -0.1) is 11.8 Å². The van der Waals surface area contributed by atoms with Crippen LogP contribution in [0.3, 0.4) is 0 Å². The highest BCUT2D eigenvalue weighted by molar-refractivity contribution is 8.03. The summed E-state index contributed by atoms with van der Waals surface area (Å²) in [6, 6.07) is -0.992. The molecule has 0 saturated carbocycles. The molecule has 0 spiro atoms. The van der Waals surface area contributed by atoms with E-state index >= 15 is 0 Å². The molecule has 7 atom stereocenters. The third-order valence-electron chi connectivity index (χ3n) is 7.67. The Balaban J connectivity index is 1.42. The second-order valence-electron chi connectivity index (χ2n) is 10.0. The summed E-state index contributed by atoms with van der Waals surface area (Å²) in [5, 5.41) is 18.9. The van der Waals surface area contributed by atoms with Crippen LogP contribution in [-0.2, 0) is 19.2 Å². The fourth-order valence-electron chi connectivity index (χ4n) is 5.86. The first-order valence-corrected chi connectivity index (χ1v) is 13.2. The van der Waals surface area contributed by atoms with Crippen molar-refractivity contribution in [3.8, 4) is 0 Å². The van der Waals surface area contributed by atoms with Crippen molar-refractivity contribution in [2.24, 2.45) is 23.5 Å². The van der Waals surface area contributed by atoms with Gasteiger partial charge in [-0.2, -0.15) is 0 Å². The second-order valence-corrected chi connectivity index (χ2v) is 11.4. The molecule has 4 aliphatic rings. The number of likely N-dealkylation sites (tertiary alicyclic amines) is 1. The minimum absolute atomic E-state index is 0.0312. The molecule has 12 heteroatoms. The number of fused-ring (bicyclic) bond motifs is 1. The van der Waals surface area contributed by atoms with E-state index in [0.29, 0.717) is 36.9 Å². The Morgan fingerprint density at radius 3 is 2.71 bits per heavy atom. The number of amides is 3. The maximum Gasteiger partial charge on any atom is 0.353 e. The summed E-state index contributed by atoms with van der Waals surface area (Å²) < 4.78 is 0. The molecule has 11 nitrogen and oxygen atoms in total. The third-order valence-corrected chi connectivity index (χ3v) is 9.18. The zero-order valence-electron chi connectivity index (χ0n) is 20.5. The van der Waals surface area contributed by atoms with E-state index in [0.717, 1.165) is 13.0 Å². The Morgan fingerprint density at radius 1 is 1.34 bits per heavy atom. The summed E-state index contributed by atoms with van der Waals surface area (Å²) in [4.78, 5) is 54.1. The van der Waals surface area contributed by atoms with Gasteiger partial charge in [-0.3, -0.25) is 14.4 Å². The number of carboxylic acids is 1. The molecule has 0 unspecified atom stereocenters. The summed E-state index contributed by atoms with van der Waals surface area (Å²) in [6.45, 7) is 6.48. The fraction of sp³-hybridized carbons (Fsp3) is 0.739. The zero-order chi connectivity index (χ0) is 25.4. The van der Waals surface area contributed by atoms with Crippen molar-refractivity contribution < 1.29 is 24.3 Å². The van der Waals surface area contributed by atoms with Crippen molar-refractivity contribution in [1.29, 1.82) is 0 Å². The lowest BCUT2D eigenvalue weighted by Crippen LogP contribution is -2.66. The summed E-state index contributed by atoms with van der Waals surface area (Å²) in [5.41, 5.74) is 5.80. The summed E-state index contributed by atoms with van der Waals surface area (Å²) in [6.07, 6.45) is 1.54. The van der Waals surface area contributed by atoms with Gasteiger partial charge in [0.15, 0.2) is 0 Å². The number of likely N-dealkylation sites (N-methyl/N-ethyl adjacent to an activating group) is 1. The molecule has 0 radical (unpaired) electrons. The summed E-state index contributed by atoms with van der Waals surface area (Å²) in [5.74, 6) is -1.80. The van der Waals surface area contributed by atoms with E-state index in [4.69, 9.17) is 5.73 Å². The lowest BCUT2D eigenvalue weighted by Gasteiger charge is -2.47. The van der Waals surface area contributed by atoms with Crippen molar-refractivity contribution in [2.75, 3.05) is 39.8 Å². The normalized spacial score (nSPS) is 33.1. The first kappa shape index (κ1) is 25.9. The largest absolute Gasteiger partial charge is 0.477 e. The molecule has 3 saturated heterocycles. The predicted molar refractivity (Wildman–Crippen MR) is 131 cm³/mol. The van der Waals surface area contributed by atoms with Crippen LogP contribution in [0.4, 0.5) is 0 Å². The SMILES string of the molecule is CNCC(=O)N[C@H](C)[C@H]1C(=O)N2C(C(=O)O)=C(S[C@@H]3CN[C@H](C(=O)N4CC[C@@H](CN)C4)C3)[C@H](C)[C@H]12. The van der Waals surface area contributed by atoms with E-state index in [-0.39, 0.29) is 53.2 Å². The average molecular weight is 509 g/mol. The van der Waals surface area contributed by atoms with E-state index in [1.54, 1.807) is 14.0 Å². The second kappa shape index (κ2) is 10.5. The maximum absolute atomic E-state index is 13.0. The van der Waals surface area contributed by atoms with Gasteiger partial charge in [-0.25, -0.2) is 4.79 Å². The highest BCUT2D eigenvalue weighted by atomic mass is 32.2. The average Bonchev–Trinajstić information content (AvgIpc) is 3.52. The zero-order valence-corrected chi connectivity index (χ0v) is 21.3. The lowest BCUT2D eigenvalue weighted by molar-refractivity contribution is -0.158. The fourth-order valence-corrected chi connectivity index (χ4v) is 7.34. The smallest absolute Gasteiger partial charge is 0.353 e. The first-order chi connectivity index (χ1) is 16.7. The van der Waals surface area contributed by atoms with Crippen LogP contribution in [0, 0.1) is 17.8 Å².